The summed E-state index contributed by atoms with van der Waals surface area (Å²) in [6.07, 6.45) is 0. The van der Waals surface area contributed by atoms with Gasteiger partial charge in [-0.05, 0) is 24.3 Å². The lowest BCUT2D eigenvalue weighted by molar-refractivity contribution is -0.137. The normalized spacial score (nSPS) is 15.2. The van der Waals surface area contributed by atoms with E-state index in [0.29, 0.717) is 6.61 Å². The van der Waals surface area contributed by atoms with Crippen LogP contribution in [0.2, 0.25) is 10.0 Å². The summed E-state index contributed by atoms with van der Waals surface area (Å²) in [5.74, 6) is 0.547. The zero-order chi connectivity index (χ0) is 21.6. The second kappa shape index (κ2) is 10.5. The highest BCUT2D eigenvalue weighted by Crippen LogP contribution is 2.31. The van der Waals surface area contributed by atoms with Crippen LogP contribution in [0.1, 0.15) is 0 Å². The van der Waals surface area contributed by atoms with Crippen molar-refractivity contribution in [3.05, 3.63) is 58.6 Å². The molecule has 0 saturated carbocycles. The van der Waals surface area contributed by atoms with E-state index in [4.69, 9.17) is 32.7 Å². The molecule has 2 aromatic carbocycles. The zero-order valence-electron chi connectivity index (χ0n) is 16.2. The molecule has 1 amide bonds. The lowest BCUT2D eigenvalue weighted by atomic mass is 10.3. The number of carbonyl (C=O) groups excluding carboxylic acids is 1. The fourth-order valence-electron chi connectivity index (χ4n) is 3.02. The molecule has 0 spiro atoms. The monoisotopic (exact) mass is 472 g/mol. The van der Waals surface area contributed by atoms with Crippen LogP contribution in [0.15, 0.2) is 53.4 Å². The summed E-state index contributed by atoms with van der Waals surface area (Å²) in [5.41, 5.74) is 0. The minimum atomic E-state index is -3.84. The van der Waals surface area contributed by atoms with Gasteiger partial charge in [-0.2, -0.15) is 4.31 Å². The molecule has 0 atom stereocenters. The van der Waals surface area contributed by atoms with Gasteiger partial charge >= 0.3 is 0 Å². The lowest BCUT2D eigenvalue weighted by Gasteiger charge is -2.34. The number of ether oxygens (including phenoxy) is 2. The van der Waals surface area contributed by atoms with E-state index in [0.717, 1.165) is 5.75 Å². The number of halogens is 2. The van der Waals surface area contributed by atoms with Crippen molar-refractivity contribution in [3.8, 4) is 5.75 Å². The predicted octanol–water partition coefficient (Wildman–Crippen LogP) is 2.92. The Bertz CT molecular complexity index is 944. The van der Waals surface area contributed by atoms with Crippen LogP contribution in [0.3, 0.4) is 0 Å². The molecule has 0 aromatic heterocycles. The molecular weight excluding hydrogens is 451 g/mol. The second-order valence-electron chi connectivity index (χ2n) is 6.55. The van der Waals surface area contributed by atoms with E-state index in [-0.39, 0.29) is 60.2 Å². The third kappa shape index (κ3) is 5.65. The van der Waals surface area contributed by atoms with Crippen LogP contribution in [0.4, 0.5) is 0 Å². The summed E-state index contributed by atoms with van der Waals surface area (Å²) in [6, 6.07) is 13.9. The molecule has 0 radical (unpaired) electrons. The molecule has 3 rings (SSSR count). The standard InChI is InChI=1S/C20H22Cl2N2O5S/c21-17-7-4-8-18(22)20(17)30(26,27)24-11-9-23(10-12-24)19(25)15-28-13-14-29-16-5-2-1-3-6-16/h1-8H,9-15H2. The quantitative estimate of drug-likeness (QED) is 0.552. The molecule has 0 aliphatic carbocycles. The number of para-hydroxylation sites is 1. The fourth-order valence-corrected chi connectivity index (χ4v) is 5.54. The van der Waals surface area contributed by atoms with E-state index < -0.39 is 10.0 Å². The Morgan fingerprint density at radius 1 is 0.900 bits per heavy atom. The van der Waals surface area contributed by atoms with Crippen LogP contribution in [-0.4, -0.2) is 69.5 Å². The zero-order valence-corrected chi connectivity index (χ0v) is 18.5. The molecule has 30 heavy (non-hydrogen) atoms. The maximum Gasteiger partial charge on any atom is 0.248 e. The summed E-state index contributed by atoms with van der Waals surface area (Å²) in [7, 11) is -3.84. The number of rotatable bonds is 8. The highest BCUT2D eigenvalue weighted by Gasteiger charge is 2.32. The number of hydrogen-bond acceptors (Lipinski definition) is 5. The first-order valence-corrected chi connectivity index (χ1v) is 11.6. The van der Waals surface area contributed by atoms with Gasteiger partial charge in [-0.15, -0.1) is 0 Å². The first-order chi connectivity index (χ1) is 14.4. The van der Waals surface area contributed by atoms with Gasteiger partial charge in [-0.3, -0.25) is 4.79 Å². The molecule has 10 heteroatoms. The van der Waals surface area contributed by atoms with Gasteiger partial charge in [0.15, 0.2) is 0 Å². The molecule has 1 aliphatic heterocycles. The number of nitrogens with zero attached hydrogens (tertiary/aromatic N) is 2. The highest BCUT2D eigenvalue weighted by atomic mass is 35.5. The van der Waals surface area contributed by atoms with E-state index in [1.54, 1.807) is 11.0 Å². The number of sulfonamides is 1. The van der Waals surface area contributed by atoms with Crippen molar-refractivity contribution in [2.24, 2.45) is 0 Å². The van der Waals surface area contributed by atoms with Gasteiger partial charge in [0.2, 0.25) is 15.9 Å². The smallest absolute Gasteiger partial charge is 0.248 e. The Labute approximate surface area is 186 Å². The van der Waals surface area contributed by atoms with Gasteiger partial charge in [-0.1, -0.05) is 47.5 Å². The van der Waals surface area contributed by atoms with Gasteiger partial charge in [-0.25, -0.2) is 8.42 Å². The first kappa shape index (κ1) is 22.8. The maximum absolute atomic E-state index is 12.9. The summed E-state index contributed by atoms with van der Waals surface area (Å²) in [4.78, 5) is 13.8. The van der Waals surface area contributed by atoms with Crippen molar-refractivity contribution in [3.63, 3.8) is 0 Å². The van der Waals surface area contributed by atoms with Gasteiger partial charge in [0.05, 0.1) is 16.7 Å². The third-order valence-electron chi connectivity index (χ3n) is 4.57. The first-order valence-electron chi connectivity index (χ1n) is 9.37. The van der Waals surface area contributed by atoms with Gasteiger partial charge < -0.3 is 14.4 Å². The summed E-state index contributed by atoms with van der Waals surface area (Å²) in [6.45, 7) is 1.39. The number of piperazine rings is 1. The van der Waals surface area contributed by atoms with Crippen LogP contribution in [0, 0.1) is 0 Å². The molecule has 162 valence electrons. The average Bonchev–Trinajstić information content (AvgIpc) is 2.74. The summed E-state index contributed by atoms with van der Waals surface area (Å²) < 4.78 is 37.9. The molecule has 1 saturated heterocycles. The van der Waals surface area contributed by atoms with Crippen molar-refractivity contribution >= 4 is 39.1 Å². The lowest BCUT2D eigenvalue weighted by Crippen LogP contribution is -2.51. The molecule has 2 aromatic rings. The Morgan fingerprint density at radius 3 is 2.17 bits per heavy atom. The van der Waals surface area contributed by atoms with Gasteiger partial charge in [0, 0.05) is 26.2 Å². The van der Waals surface area contributed by atoms with Crippen molar-refractivity contribution in [1.82, 2.24) is 9.21 Å². The molecule has 1 aliphatic rings. The van der Waals surface area contributed by atoms with Crippen LogP contribution in [-0.2, 0) is 19.6 Å². The van der Waals surface area contributed by atoms with E-state index in [9.17, 15) is 13.2 Å². The number of carbonyl (C=O) groups is 1. The SMILES string of the molecule is O=C(COCCOc1ccccc1)N1CCN(S(=O)(=O)c2c(Cl)cccc2Cl)CC1. The Hall–Kier alpha value is -1.84. The van der Waals surface area contributed by atoms with E-state index in [1.165, 1.54) is 16.4 Å². The second-order valence-corrected chi connectivity index (χ2v) is 9.24. The average molecular weight is 473 g/mol. The number of amides is 1. The Kier molecular flexibility index (Phi) is 7.96. The minimum absolute atomic E-state index is 0.0760. The van der Waals surface area contributed by atoms with E-state index in [2.05, 4.69) is 0 Å². The van der Waals surface area contributed by atoms with Crippen LogP contribution < -0.4 is 4.74 Å². The predicted molar refractivity (Wildman–Crippen MR) is 115 cm³/mol. The molecule has 0 bridgehead atoms. The van der Waals surface area contributed by atoms with E-state index >= 15 is 0 Å². The largest absolute Gasteiger partial charge is 0.491 e. The number of hydrogen-bond donors (Lipinski definition) is 0. The van der Waals surface area contributed by atoms with Gasteiger partial charge in [0.25, 0.3) is 0 Å². The topological polar surface area (TPSA) is 76.2 Å². The highest BCUT2D eigenvalue weighted by molar-refractivity contribution is 7.89. The maximum atomic E-state index is 12.9. The van der Waals surface area contributed by atoms with Crippen molar-refractivity contribution in [1.29, 1.82) is 0 Å². The fraction of sp³-hybridized carbons (Fsp3) is 0.350. The molecule has 0 unspecified atom stereocenters. The third-order valence-corrected chi connectivity index (χ3v) is 7.43. The van der Waals surface area contributed by atoms with E-state index in [1.807, 2.05) is 30.3 Å². The van der Waals surface area contributed by atoms with Crippen LogP contribution in [0.5, 0.6) is 5.75 Å². The van der Waals surface area contributed by atoms with Crippen LogP contribution >= 0.6 is 23.2 Å². The van der Waals surface area contributed by atoms with Crippen molar-refractivity contribution in [2.75, 3.05) is 46.0 Å². The molecule has 1 fully saturated rings. The van der Waals surface area contributed by atoms with Crippen molar-refractivity contribution < 1.29 is 22.7 Å². The molecule has 7 nitrogen and oxygen atoms in total. The minimum Gasteiger partial charge on any atom is -0.491 e. The Morgan fingerprint density at radius 2 is 1.53 bits per heavy atom. The molecule has 0 N–H and O–H groups in total. The van der Waals surface area contributed by atoms with Crippen LogP contribution in [0.25, 0.3) is 0 Å². The van der Waals surface area contributed by atoms with Crippen molar-refractivity contribution in [2.45, 2.75) is 4.90 Å². The number of benzene rings is 2. The summed E-state index contributed by atoms with van der Waals surface area (Å²) in [5, 5.41) is 0.152. The molecule has 1 heterocycles. The Balaban J connectivity index is 1.44. The summed E-state index contributed by atoms with van der Waals surface area (Å²) >= 11 is 12.1. The van der Waals surface area contributed by atoms with Gasteiger partial charge in [0.1, 0.15) is 23.9 Å². The molecular formula is C20H22Cl2N2O5S.